The number of fused-ring (bicyclic) bond motifs is 1. The number of rotatable bonds is 8. The Balaban J connectivity index is 1.60. The minimum Gasteiger partial charge on any atom is -0.508 e. The van der Waals surface area contributed by atoms with E-state index in [2.05, 4.69) is 27.9 Å². The molecule has 0 saturated carbocycles. The van der Waals surface area contributed by atoms with Crippen LogP contribution in [0.2, 0.25) is 0 Å². The number of halogens is 1. The Morgan fingerprint density at radius 2 is 1.85 bits per heavy atom. The molecule has 3 N–H and O–H groups in total. The third kappa shape index (κ3) is 5.79. The largest absolute Gasteiger partial charge is 0.508 e. The number of carbonyl (C=O) groups excluding carboxylic acids is 1. The average Bonchev–Trinajstić information content (AvgIpc) is 3.28. The fraction of sp³-hybridized carbons (Fsp3) is 0.208. The highest BCUT2D eigenvalue weighted by atomic mass is 127. The van der Waals surface area contributed by atoms with E-state index in [0.717, 1.165) is 3.57 Å². The number of phenolic OH excluding ortho intramolecular Hbond substituents is 1. The topological polar surface area (TPSA) is 106 Å². The number of carbonyl (C=O) groups is 1. The first-order valence-electron chi connectivity index (χ1n) is 10.2. The lowest BCUT2D eigenvalue weighted by Gasteiger charge is -2.28. The molecule has 1 amide bonds. The summed E-state index contributed by atoms with van der Waals surface area (Å²) in [5.41, 5.74) is 0.828. The minimum atomic E-state index is -0.999. The van der Waals surface area contributed by atoms with Crippen LogP contribution in [0.4, 0.5) is 10.5 Å². The molecule has 172 valence electrons. The normalized spacial score (nSPS) is 13.8. The number of anilines is 1. The van der Waals surface area contributed by atoms with Gasteiger partial charge in [0.1, 0.15) is 17.6 Å². The van der Waals surface area contributed by atoms with Gasteiger partial charge >= 0.3 is 6.09 Å². The molecule has 0 aliphatic carbocycles. The summed E-state index contributed by atoms with van der Waals surface area (Å²) in [5, 5.41) is 22.9. The van der Waals surface area contributed by atoms with E-state index in [0.29, 0.717) is 28.5 Å². The smallest absolute Gasteiger partial charge is 0.412 e. The van der Waals surface area contributed by atoms with E-state index in [4.69, 9.17) is 18.9 Å². The Morgan fingerprint density at radius 1 is 1.06 bits per heavy atom. The number of ether oxygens (including phenoxy) is 4. The summed E-state index contributed by atoms with van der Waals surface area (Å²) in [5.74, 6) is 1.61. The molecule has 0 saturated heterocycles. The van der Waals surface area contributed by atoms with Gasteiger partial charge in [-0.2, -0.15) is 0 Å². The van der Waals surface area contributed by atoms with Gasteiger partial charge in [0.2, 0.25) is 6.79 Å². The predicted octanol–water partition coefficient (Wildman–Crippen LogP) is 4.85. The van der Waals surface area contributed by atoms with Gasteiger partial charge in [0.25, 0.3) is 0 Å². The number of benzene rings is 3. The van der Waals surface area contributed by atoms with Crippen LogP contribution in [0.25, 0.3) is 0 Å². The summed E-state index contributed by atoms with van der Waals surface area (Å²) in [4.78, 5) is 12.8. The number of hydrogen-bond donors (Lipinski definition) is 3. The molecular weight excluding hydrogens is 541 g/mol. The highest BCUT2D eigenvalue weighted by Gasteiger charge is 2.31. The van der Waals surface area contributed by atoms with Crippen LogP contribution >= 0.6 is 22.6 Å². The SMILES string of the molecule is O=C(Nc1ccc2c(c1)OCO2)O[C@@H](c1cc(I)ccc1O)[C@H](CCO)Oc1ccccc1. The molecule has 9 heteroatoms. The van der Waals surface area contributed by atoms with Crippen LogP contribution in [-0.4, -0.2) is 35.8 Å². The van der Waals surface area contributed by atoms with E-state index in [1.807, 2.05) is 18.2 Å². The number of nitrogens with one attached hydrogen (secondary N) is 1. The van der Waals surface area contributed by atoms with Crippen LogP contribution in [-0.2, 0) is 4.74 Å². The second kappa shape index (κ2) is 10.6. The van der Waals surface area contributed by atoms with Crippen molar-refractivity contribution in [3.05, 3.63) is 75.9 Å². The van der Waals surface area contributed by atoms with Gasteiger partial charge in [-0.05, 0) is 65.1 Å². The molecule has 3 aromatic rings. The molecule has 1 aliphatic rings. The van der Waals surface area contributed by atoms with Crippen molar-refractivity contribution in [2.45, 2.75) is 18.6 Å². The van der Waals surface area contributed by atoms with Gasteiger partial charge < -0.3 is 29.2 Å². The summed E-state index contributed by atoms with van der Waals surface area (Å²) in [6, 6.07) is 19.0. The molecule has 0 bridgehead atoms. The van der Waals surface area contributed by atoms with Crippen molar-refractivity contribution in [3.8, 4) is 23.0 Å². The van der Waals surface area contributed by atoms with Crippen LogP contribution in [0.15, 0.2) is 66.7 Å². The van der Waals surface area contributed by atoms with Gasteiger partial charge in [0.05, 0.1) is 0 Å². The average molecular weight is 563 g/mol. The number of para-hydroxylation sites is 1. The summed E-state index contributed by atoms with van der Waals surface area (Å²) in [6.07, 6.45) is -2.34. The van der Waals surface area contributed by atoms with E-state index >= 15 is 0 Å². The first-order valence-corrected chi connectivity index (χ1v) is 11.3. The molecule has 0 unspecified atom stereocenters. The zero-order valence-corrected chi connectivity index (χ0v) is 19.6. The number of aromatic hydroxyl groups is 1. The second-order valence-corrected chi connectivity index (χ2v) is 8.45. The Morgan fingerprint density at radius 3 is 2.64 bits per heavy atom. The molecule has 0 aromatic heterocycles. The van der Waals surface area contributed by atoms with Gasteiger partial charge in [0, 0.05) is 33.9 Å². The fourth-order valence-electron chi connectivity index (χ4n) is 3.40. The summed E-state index contributed by atoms with van der Waals surface area (Å²) in [6.45, 7) is -0.0806. The monoisotopic (exact) mass is 563 g/mol. The van der Waals surface area contributed by atoms with Crippen molar-refractivity contribution in [1.29, 1.82) is 0 Å². The molecule has 0 spiro atoms. The maximum absolute atomic E-state index is 12.8. The number of hydrogen-bond acceptors (Lipinski definition) is 7. The Labute approximate surface area is 204 Å². The van der Waals surface area contributed by atoms with Crippen molar-refractivity contribution in [1.82, 2.24) is 0 Å². The van der Waals surface area contributed by atoms with E-state index in [9.17, 15) is 15.0 Å². The summed E-state index contributed by atoms with van der Waals surface area (Å²) < 4.78 is 23.3. The quantitative estimate of drug-likeness (QED) is 0.337. The lowest BCUT2D eigenvalue weighted by atomic mass is 10.0. The lowest BCUT2D eigenvalue weighted by Crippen LogP contribution is -2.32. The molecule has 2 atom stereocenters. The second-order valence-electron chi connectivity index (χ2n) is 7.20. The lowest BCUT2D eigenvalue weighted by molar-refractivity contribution is 0.00796. The van der Waals surface area contributed by atoms with E-state index in [1.54, 1.807) is 42.5 Å². The number of aliphatic hydroxyl groups excluding tert-OH is 1. The molecule has 0 fully saturated rings. The van der Waals surface area contributed by atoms with Gasteiger partial charge in [0.15, 0.2) is 17.6 Å². The van der Waals surface area contributed by atoms with E-state index in [1.165, 1.54) is 6.07 Å². The van der Waals surface area contributed by atoms with Gasteiger partial charge in [-0.15, -0.1) is 0 Å². The van der Waals surface area contributed by atoms with Crippen molar-refractivity contribution < 1.29 is 34.0 Å². The van der Waals surface area contributed by atoms with Gasteiger partial charge in [-0.1, -0.05) is 18.2 Å². The maximum Gasteiger partial charge on any atom is 0.412 e. The predicted molar refractivity (Wildman–Crippen MR) is 129 cm³/mol. The zero-order valence-electron chi connectivity index (χ0n) is 17.4. The standard InChI is InChI=1S/C24H22INO7/c25-15-6-8-19(28)18(12-15)23(21(10-11-27)32-17-4-2-1-3-5-17)33-24(29)26-16-7-9-20-22(13-16)31-14-30-20/h1-9,12-13,21,23,27-28H,10-11,14H2,(H,26,29)/t21-,23-/m0/s1. The van der Waals surface area contributed by atoms with E-state index in [-0.39, 0.29) is 25.6 Å². The summed E-state index contributed by atoms with van der Waals surface area (Å²) in [7, 11) is 0. The Hall–Kier alpha value is -3.18. The van der Waals surface area contributed by atoms with E-state index < -0.39 is 18.3 Å². The fourth-order valence-corrected chi connectivity index (χ4v) is 3.92. The van der Waals surface area contributed by atoms with Crippen LogP contribution < -0.4 is 19.5 Å². The first kappa shape index (κ1) is 23.0. The number of phenols is 1. The highest BCUT2D eigenvalue weighted by Crippen LogP contribution is 2.36. The molecule has 0 radical (unpaired) electrons. The first-order chi connectivity index (χ1) is 16.0. The van der Waals surface area contributed by atoms with Gasteiger partial charge in [-0.3, -0.25) is 5.32 Å². The van der Waals surface area contributed by atoms with Crippen LogP contribution in [0.1, 0.15) is 18.1 Å². The molecule has 1 heterocycles. The Bertz CT molecular complexity index is 1110. The van der Waals surface area contributed by atoms with Crippen molar-refractivity contribution in [2.75, 3.05) is 18.7 Å². The molecule has 8 nitrogen and oxygen atoms in total. The minimum absolute atomic E-state index is 0.0455. The zero-order chi connectivity index (χ0) is 23.2. The van der Waals surface area contributed by atoms with Crippen molar-refractivity contribution >= 4 is 34.4 Å². The molecular formula is C24H22INO7. The molecule has 4 rings (SSSR count). The highest BCUT2D eigenvalue weighted by molar-refractivity contribution is 14.1. The molecule has 3 aromatic carbocycles. The maximum atomic E-state index is 12.8. The van der Waals surface area contributed by atoms with Crippen molar-refractivity contribution in [2.24, 2.45) is 0 Å². The Kier molecular flexibility index (Phi) is 7.40. The van der Waals surface area contributed by atoms with Crippen molar-refractivity contribution in [3.63, 3.8) is 0 Å². The van der Waals surface area contributed by atoms with Gasteiger partial charge in [-0.25, -0.2) is 4.79 Å². The third-order valence-corrected chi connectivity index (χ3v) is 5.60. The van der Waals surface area contributed by atoms with Crippen LogP contribution in [0.3, 0.4) is 0 Å². The summed E-state index contributed by atoms with van der Waals surface area (Å²) >= 11 is 2.11. The molecule has 33 heavy (non-hydrogen) atoms. The van der Waals surface area contributed by atoms with Crippen LogP contribution in [0, 0.1) is 3.57 Å². The number of aliphatic hydroxyl groups is 1. The molecule has 1 aliphatic heterocycles. The number of amides is 1. The van der Waals surface area contributed by atoms with Crippen LogP contribution in [0.5, 0.6) is 23.0 Å². The third-order valence-electron chi connectivity index (χ3n) is 4.93.